The van der Waals surface area contributed by atoms with Gasteiger partial charge in [0.1, 0.15) is 0 Å². The van der Waals surface area contributed by atoms with Gasteiger partial charge in [-0.25, -0.2) is 0 Å². The van der Waals surface area contributed by atoms with E-state index >= 15 is 0 Å². The van der Waals surface area contributed by atoms with Crippen LogP contribution in [0.15, 0.2) is 170 Å². The van der Waals surface area contributed by atoms with Gasteiger partial charge in [0.25, 0.3) is 6.71 Å². The van der Waals surface area contributed by atoms with Crippen molar-refractivity contribution in [3.05, 3.63) is 220 Å². The molecule has 3 aliphatic heterocycles. The van der Waals surface area contributed by atoms with Gasteiger partial charge in [-0.2, -0.15) is 0 Å². The van der Waals surface area contributed by atoms with E-state index in [0.717, 1.165) is 0 Å². The molecule has 0 fully saturated rings. The van der Waals surface area contributed by atoms with E-state index in [1.807, 2.05) is 0 Å². The van der Waals surface area contributed by atoms with E-state index in [1.54, 1.807) is 0 Å². The second-order valence-corrected chi connectivity index (χ2v) is 30.1. The van der Waals surface area contributed by atoms with Crippen molar-refractivity contribution in [2.75, 3.05) is 0 Å². The predicted molar refractivity (Wildman–Crippen MR) is 353 cm³/mol. The molecule has 402 valence electrons. The maximum atomic E-state index is 2.82. The van der Waals surface area contributed by atoms with Gasteiger partial charge in [-0.15, -0.1) is 0 Å². The fraction of sp³-hybridized carbons (Fsp3) is 0.266. The Balaban J connectivity index is 1.18. The molecule has 2 aromatic heterocycles. The minimum Gasteiger partial charge on any atom is -0.310 e. The van der Waals surface area contributed by atoms with Crippen LogP contribution in [-0.2, 0) is 32.5 Å². The van der Waals surface area contributed by atoms with Gasteiger partial charge >= 0.3 is 0 Å². The van der Waals surface area contributed by atoms with Crippen molar-refractivity contribution in [1.29, 1.82) is 0 Å². The summed E-state index contributed by atoms with van der Waals surface area (Å²) in [6.07, 6.45) is 0. The molecule has 10 aromatic carbocycles. The number of fused-ring (bicyclic) bond motifs is 15. The smallest absolute Gasteiger partial charge is 0.252 e. The molecule has 16 rings (SSSR count). The van der Waals surface area contributed by atoms with Crippen molar-refractivity contribution >= 4 is 77.5 Å². The average Bonchev–Trinajstić information content (AvgIpc) is 1.38. The Hall–Kier alpha value is -7.88. The molecular weight excluding hydrogens is 988 g/mol. The quantitative estimate of drug-likeness (QED) is 0.153. The zero-order chi connectivity index (χ0) is 56.9. The van der Waals surface area contributed by atoms with E-state index in [4.69, 9.17) is 0 Å². The first-order valence-corrected chi connectivity index (χ1v) is 30.2. The summed E-state index contributed by atoms with van der Waals surface area (Å²) in [4.78, 5) is 0. The lowest BCUT2D eigenvalue weighted by atomic mass is 9.33. The minimum absolute atomic E-state index is 0.0368. The standard InChI is InChI=1S/C79H73BN2/c1-74(2,3)45-30-28-44(29-31-45)50-33-34-53(52-23-17-16-22-51(50)52)60-43-64-73-68-72(60)81-67-35-32-46(75(4,5)6)36-56(67)57-38-48(77(10,11)12)41-65(70(57)81)80(68)66-42-49(78(13,14)15)39-59-58-37-47(76(7,8)9)40-63(69(58)82(73)71(59)66)79(64)61-26-20-18-24-54(61)55-25-19-21-27-62(55)79/h16-43H,1-15H3. The normalized spacial score (nSPS) is 14.8. The van der Waals surface area contributed by atoms with Crippen LogP contribution in [0.5, 0.6) is 0 Å². The Bertz CT molecular complexity index is 4810. The molecule has 0 saturated heterocycles. The van der Waals surface area contributed by atoms with Gasteiger partial charge in [-0.3, -0.25) is 0 Å². The zero-order valence-corrected chi connectivity index (χ0v) is 50.6. The summed E-state index contributed by atoms with van der Waals surface area (Å²) >= 11 is 0. The van der Waals surface area contributed by atoms with Crippen LogP contribution < -0.4 is 16.4 Å². The van der Waals surface area contributed by atoms with Crippen molar-refractivity contribution < 1.29 is 0 Å². The molecule has 0 amide bonds. The Kier molecular flexibility index (Phi) is 9.62. The second kappa shape index (κ2) is 15.8. The van der Waals surface area contributed by atoms with Gasteiger partial charge < -0.3 is 9.13 Å². The Labute approximate surface area is 484 Å². The first-order chi connectivity index (χ1) is 38.8. The van der Waals surface area contributed by atoms with Crippen molar-refractivity contribution in [3.8, 4) is 44.8 Å². The molecule has 0 N–H and O–H groups in total. The molecule has 5 heterocycles. The van der Waals surface area contributed by atoms with Crippen LogP contribution in [-0.4, -0.2) is 15.8 Å². The lowest BCUT2D eigenvalue weighted by Crippen LogP contribution is -2.61. The van der Waals surface area contributed by atoms with Gasteiger partial charge in [0, 0.05) is 43.8 Å². The molecule has 1 spiro atoms. The van der Waals surface area contributed by atoms with E-state index < -0.39 is 5.41 Å². The molecule has 0 saturated carbocycles. The summed E-state index contributed by atoms with van der Waals surface area (Å²) in [6.45, 7) is 35.7. The number of benzene rings is 10. The van der Waals surface area contributed by atoms with Gasteiger partial charge in [-0.1, -0.05) is 237 Å². The highest BCUT2D eigenvalue weighted by Crippen LogP contribution is 2.63. The fourth-order valence-electron chi connectivity index (χ4n) is 15.7. The van der Waals surface area contributed by atoms with Crippen LogP contribution in [0.25, 0.3) is 99.1 Å². The highest BCUT2D eigenvalue weighted by molar-refractivity contribution is 7.00. The topological polar surface area (TPSA) is 9.86 Å². The van der Waals surface area contributed by atoms with Crippen LogP contribution in [0, 0.1) is 0 Å². The summed E-state index contributed by atoms with van der Waals surface area (Å²) in [5.74, 6) is 0. The van der Waals surface area contributed by atoms with Gasteiger partial charge in [-0.05, 0) is 169 Å². The largest absolute Gasteiger partial charge is 0.310 e. The van der Waals surface area contributed by atoms with E-state index in [0.29, 0.717) is 0 Å². The number of nitrogens with zero attached hydrogens (tertiary/aromatic N) is 2. The maximum absolute atomic E-state index is 2.82. The summed E-state index contributed by atoms with van der Waals surface area (Å²) in [7, 11) is 0. The maximum Gasteiger partial charge on any atom is 0.252 e. The zero-order valence-electron chi connectivity index (χ0n) is 50.6. The summed E-state index contributed by atoms with van der Waals surface area (Å²) < 4.78 is 5.59. The van der Waals surface area contributed by atoms with Crippen LogP contribution >= 0.6 is 0 Å². The molecule has 1 aliphatic carbocycles. The second-order valence-electron chi connectivity index (χ2n) is 30.1. The van der Waals surface area contributed by atoms with Gasteiger partial charge in [0.15, 0.2) is 0 Å². The number of hydrogen-bond acceptors (Lipinski definition) is 0. The molecule has 3 heteroatoms. The molecule has 0 unspecified atom stereocenters. The molecule has 4 aliphatic rings. The van der Waals surface area contributed by atoms with E-state index in [2.05, 4.69) is 283 Å². The molecular formula is C79H73BN2. The molecule has 0 bridgehead atoms. The van der Waals surface area contributed by atoms with E-state index in [-0.39, 0.29) is 33.8 Å². The first kappa shape index (κ1) is 49.9. The van der Waals surface area contributed by atoms with Crippen molar-refractivity contribution in [2.45, 2.75) is 136 Å². The third-order valence-corrected chi connectivity index (χ3v) is 20.0. The molecule has 12 aromatic rings. The third kappa shape index (κ3) is 6.38. The minimum atomic E-state index is -0.654. The first-order valence-electron chi connectivity index (χ1n) is 30.2. The molecule has 82 heavy (non-hydrogen) atoms. The Morgan fingerprint density at radius 2 is 0.768 bits per heavy atom. The van der Waals surface area contributed by atoms with Crippen LogP contribution in [0.4, 0.5) is 0 Å². The summed E-state index contributed by atoms with van der Waals surface area (Å²) in [6, 6.07) is 68.4. The highest BCUT2D eigenvalue weighted by Gasteiger charge is 2.55. The average molecular weight is 1060 g/mol. The molecule has 0 atom stereocenters. The SMILES string of the molecule is CC(C)(C)c1ccc(-c2ccc(-c3cc4c5c6c3-n3c7ccc(C(C)(C)C)cc7c7cc(C(C)(C)C)cc(c73)B6c3cc(C(C)(C)C)cc6c7cc(C(C)(C)C)cc(c7n-5c36)C43c4ccccc4-c4ccccc43)c3ccccc23)cc1. The van der Waals surface area contributed by atoms with Crippen molar-refractivity contribution in [1.82, 2.24) is 9.13 Å². The van der Waals surface area contributed by atoms with Crippen molar-refractivity contribution in [2.24, 2.45) is 0 Å². The van der Waals surface area contributed by atoms with E-state index in [9.17, 15) is 0 Å². The Morgan fingerprint density at radius 3 is 1.34 bits per heavy atom. The monoisotopic (exact) mass is 1060 g/mol. The van der Waals surface area contributed by atoms with Gasteiger partial charge in [0.05, 0.1) is 22.1 Å². The number of rotatable bonds is 2. The highest BCUT2D eigenvalue weighted by atomic mass is 15.1. The lowest BCUT2D eigenvalue weighted by Gasteiger charge is -2.45. The number of aromatic nitrogens is 2. The fourth-order valence-corrected chi connectivity index (χ4v) is 15.7. The van der Waals surface area contributed by atoms with Crippen LogP contribution in [0.2, 0.25) is 0 Å². The van der Waals surface area contributed by atoms with Crippen molar-refractivity contribution in [3.63, 3.8) is 0 Å². The number of hydrogen-bond donors (Lipinski definition) is 0. The van der Waals surface area contributed by atoms with E-state index in [1.165, 1.54) is 166 Å². The third-order valence-electron chi connectivity index (χ3n) is 20.0. The summed E-state index contributed by atoms with van der Waals surface area (Å²) in [5.41, 5.74) is 31.2. The van der Waals surface area contributed by atoms with Crippen LogP contribution in [0.3, 0.4) is 0 Å². The predicted octanol–water partition coefficient (Wildman–Crippen LogP) is 18.7. The summed E-state index contributed by atoms with van der Waals surface area (Å²) in [5, 5.41) is 7.93. The molecule has 2 nitrogen and oxygen atoms in total. The van der Waals surface area contributed by atoms with Crippen LogP contribution in [0.1, 0.15) is 154 Å². The Morgan fingerprint density at radius 1 is 0.305 bits per heavy atom. The van der Waals surface area contributed by atoms with Gasteiger partial charge in [0.2, 0.25) is 0 Å². The molecule has 0 radical (unpaired) electrons. The lowest BCUT2D eigenvalue weighted by molar-refractivity contribution is 0.588.